The normalized spacial score (nSPS) is 10.7. The van der Waals surface area contributed by atoms with Crippen LogP contribution in [0.4, 0.5) is 5.69 Å². The molecular weight excluding hydrogens is 268 g/mol. The van der Waals surface area contributed by atoms with Crippen molar-refractivity contribution in [2.24, 2.45) is 0 Å². The van der Waals surface area contributed by atoms with E-state index in [1.54, 1.807) is 17.0 Å². The molecule has 1 aromatic rings. The molecule has 0 radical (unpaired) electrons. The van der Waals surface area contributed by atoms with E-state index in [1.165, 1.54) is 0 Å². The first-order valence-corrected chi connectivity index (χ1v) is 7.51. The molecule has 0 spiro atoms. The van der Waals surface area contributed by atoms with Gasteiger partial charge in [-0.1, -0.05) is 26.0 Å². The van der Waals surface area contributed by atoms with Crippen LogP contribution in [0.15, 0.2) is 24.3 Å². The van der Waals surface area contributed by atoms with Gasteiger partial charge in [0.25, 0.3) is 0 Å². The van der Waals surface area contributed by atoms with Crippen LogP contribution in [0, 0.1) is 0 Å². The largest absolute Gasteiger partial charge is 0.491 e. The van der Waals surface area contributed by atoms with Gasteiger partial charge >= 0.3 is 0 Å². The molecule has 1 aromatic carbocycles. The maximum absolute atomic E-state index is 12.3. The van der Waals surface area contributed by atoms with Gasteiger partial charge in [-0.2, -0.15) is 0 Å². The van der Waals surface area contributed by atoms with Gasteiger partial charge in [0.2, 0.25) is 5.91 Å². The average Bonchev–Trinajstić information content (AvgIpc) is 2.49. The summed E-state index contributed by atoms with van der Waals surface area (Å²) in [6, 6.07) is 7.40. The number of aliphatic hydroxyl groups excluding tert-OH is 1. The Morgan fingerprint density at radius 3 is 2.57 bits per heavy atom. The lowest BCUT2D eigenvalue weighted by Crippen LogP contribution is -2.42. The molecule has 0 aromatic heterocycles. The number of nitrogens with zero attached hydrogens (tertiary/aromatic N) is 1. The van der Waals surface area contributed by atoms with Gasteiger partial charge in [0.05, 0.1) is 25.3 Å². The summed E-state index contributed by atoms with van der Waals surface area (Å²) in [6.45, 7) is 4.74. The van der Waals surface area contributed by atoms with E-state index in [0.29, 0.717) is 18.0 Å². The number of carbonyl (C=O) groups excluding carboxylic acids is 1. The summed E-state index contributed by atoms with van der Waals surface area (Å²) in [5, 5.41) is 9.12. The second kappa shape index (κ2) is 9.23. The number of nitrogens with two attached hydrogens (primary N) is 1. The lowest BCUT2D eigenvalue weighted by molar-refractivity contribution is -0.134. The van der Waals surface area contributed by atoms with Gasteiger partial charge in [-0.3, -0.25) is 4.79 Å². The third-order valence-corrected chi connectivity index (χ3v) is 3.54. The highest BCUT2D eigenvalue weighted by Gasteiger charge is 2.20. The van der Waals surface area contributed by atoms with Crippen molar-refractivity contribution >= 4 is 11.6 Å². The smallest absolute Gasteiger partial charge is 0.226 e. The molecule has 0 heterocycles. The standard InChI is InChI=1S/C16H26N2O3/c1-3-13(4-2)18(10-11-19)16(20)9-12-21-15-8-6-5-7-14(15)17/h5-8,13,19H,3-4,9-12,17H2,1-2H3. The number of hydrogen-bond acceptors (Lipinski definition) is 4. The number of ether oxygens (including phenoxy) is 1. The molecule has 3 N–H and O–H groups in total. The van der Waals surface area contributed by atoms with E-state index in [2.05, 4.69) is 0 Å². The summed E-state index contributed by atoms with van der Waals surface area (Å²) in [5.41, 5.74) is 6.35. The molecule has 5 heteroatoms. The summed E-state index contributed by atoms with van der Waals surface area (Å²) in [4.78, 5) is 14.0. The molecule has 0 saturated carbocycles. The van der Waals surface area contributed by atoms with Gasteiger partial charge in [-0.15, -0.1) is 0 Å². The zero-order valence-corrected chi connectivity index (χ0v) is 12.9. The number of amides is 1. The van der Waals surface area contributed by atoms with Crippen molar-refractivity contribution in [1.82, 2.24) is 4.90 Å². The molecule has 21 heavy (non-hydrogen) atoms. The molecule has 1 rings (SSSR count). The number of aliphatic hydroxyl groups is 1. The Balaban J connectivity index is 2.52. The molecule has 0 atom stereocenters. The fraction of sp³-hybridized carbons (Fsp3) is 0.562. The monoisotopic (exact) mass is 294 g/mol. The number of nitrogen functional groups attached to an aromatic ring is 1. The van der Waals surface area contributed by atoms with E-state index >= 15 is 0 Å². The zero-order valence-electron chi connectivity index (χ0n) is 12.9. The Bertz CT molecular complexity index is 433. The number of hydrogen-bond donors (Lipinski definition) is 2. The second-order valence-corrected chi connectivity index (χ2v) is 4.92. The highest BCUT2D eigenvalue weighted by Crippen LogP contribution is 2.20. The van der Waals surface area contributed by atoms with Crippen LogP contribution in [0.5, 0.6) is 5.75 Å². The van der Waals surface area contributed by atoms with E-state index in [-0.39, 0.29) is 31.6 Å². The van der Waals surface area contributed by atoms with Crippen molar-refractivity contribution in [2.75, 3.05) is 25.5 Å². The quantitative estimate of drug-likeness (QED) is 0.683. The second-order valence-electron chi connectivity index (χ2n) is 4.92. The minimum absolute atomic E-state index is 0.00672. The van der Waals surface area contributed by atoms with Gasteiger partial charge in [-0.25, -0.2) is 0 Å². The van der Waals surface area contributed by atoms with Crippen LogP contribution in [0.1, 0.15) is 33.1 Å². The number of anilines is 1. The Morgan fingerprint density at radius 1 is 1.33 bits per heavy atom. The summed E-state index contributed by atoms with van der Waals surface area (Å²) in [7, 11) is 0. The van der Waals surface area contributed by atoms with Gasteiger partial charge in [0.1, 0.15) is 5.75 Å². The topological polar surface area (TPSA) is 75.8 Å². The van der Waals surface area contributed by atoms with Gasteiger partial charge < -0.3 is 20.5 Å². The van der Waals surface area contributed by atoms with E-state index in [0.717, 1.165) is 12.8 Å². The maximum atomic E-state index is 12.3. The number of carbonyl (C=O) groups is 1. The first kappa shape index (κ1) is 17.3. The Morgan fingerprint density at radius 2 is 2.00 bits per heavy atom. The first-order chi connectivity index (χ1) is 10.1. The molecule has 5 nitrogen and oxygen atoms in total. The van der Waals surface area contributed by atoms with Gasteiger partial charge in [0.15, 0.2) is 0 Å². The van der Waals surface area contributed by atoms with Crippen molar-refractivity contribution in [1.29, 1.82) is 0 Å². The molecule has 0 aliphatic carbocycles. The molecule has 0 aliphatic rings. The van der Waals surface area contributed by atoms with Crippen molar-refractivity contribution in [2.45, 2.75) is 39.2 Å². The third-order valence-electron chi connectivity index (χ3n) is 3.54. The Hall–Kier alpha value is -1.75. The highest BCUT2D eigenvalue weighted by atomic mass is 16.5. The van der Waals surface area contributed by atoms with Crippen molar-refractivity contribution in [3.05, 3.63) is 24.3 Å². The first-order valence-electron chi connectivity index (χ1n) is 7.51. The summed E-state index contributed by atoms with van der Waals surface area (Å²) >= 11 is 0. The minimum Gasteiger partial charge on any atom is -0.491 e. The van der Waals surface area contributed by atoms with E-state index in [9.17, 15) is 4.79 Å². The number of rotatable bonds is 9. The lowest BCUT2D eigenvalue weighted by Gasteiger charge is -2.30. The predicted molar refractivity (Wildman–Crippen MR) is 84.1 cm³/mol. The van der Waals surface area contributed by atoms with Crippen LogP contribution in [-0.2, 0) is 4.79 Å². The summed E-state index contributed by atoms with van der Waals surface area (Å²) in [5.74, 6) is 0.605. The fourth-order valence-corrected chi connectivity index (χ4v) is 2.35. The van der Waals surface area contributed by atoms with E-state index < -0.39 is 0 Å². The SMILES string of the molecule is CCC(CC)N(CCO)C(=O)CCOc1ccccc1N. The molecule has 118 valence electrons. The van der Waals surface area contributed by atoms with Gasteiger partial charge in [-0.05, 0) is 25.0 Å². The highest BCUT2D eigenvalue weighted by molar-refractivity contribution is 5.76. The Kier molecular flexibility index (Phi) is 7.61. The molecule has 1 amide bonds. The zero-order chi connectivity index (χ0) is 15.7. The maximum Gasteiger partial charge on any atom is 0.226 e. The van der Waals surface area contributed by atoms with Crippen molar-refractivity contribution < 1.29 is 14.6 Å². The number of benzene rings is 1. The summed E-state index contributed by atoms with van der Waals surface area (Å²) < 4.78 is 5.55. The molecule has 0 bridgehead atoms. The van der Waals surface area contributed by atoms with Crippen molar-refractivity contribution in [3.8, 4) is 5.75 Å². The van der Waals surface area contributed by atoms with Gasteiger partial charge in [0, 0.05) is 12.6 Å². The van der Waals surface area contributed by atoms with Crippen LogP contribution >= 0.6 is 0 Å². The minimum atomic E-state index is -0.0191. The third kappa shape index (κ3) is 5.27. The van der Waals surface area contributed by atoms with Crippen LogP contribution in [-0.4, -0.2) is 41.7 Å². The lowest BCUT2D eigenvalue weighted by atomic mass is 10.1. The molecule has 0 saturated heterocycles. The van der Waals surface area contributed by atoms with Crippen molar-refractivity contribution in [3.63, 3.8) is 0 Å². The Labute approximate surface area is 126 Å². The van der Waals surface area contributed by atoms with Crippen LogP contribution < -0.4 is 10.5 Å². The van der Waals surface area contributed by atoms with E-state index in [1.807, 2.05) is 26.0 Å². The van der Waals surface area contributed by atoms with Crippen LogP contribution in [0.25, 0.3) is 0 Å². The molecular formula is C16H26N2O3. The molecule has 0 fully saturated rings. The molecule has 0 unspecified atom stereocenters. The number of para-hydroxylation sites is 2. The van der Waals surface area contributed by atoms with E-state index in [4.69, 9.17) is 15.6 Å². The average molecular weight is 294 g/mol. The fourth-order valence-electron chi connectivity index (χ4n) is 2.35. The van der Waals surface area contributed by atoms with Crippen LogP contribution in [0.2, 0.25) is 0 Å². The van der Waals surface area contributed by atoms with Crippen LogP contribution in [0.3, 0.4) is 0 Å². The predicted octanol–water partition coefficient (Wildman–Crippen LogP) is 2.05. The summed E-state index contributed by atoms with van der Waals surface area (Å²) in [6.07, 6.45) is 2.05. The molecule has 0 aliphatic heterocycles.